The minimum absolute atomic E-state index is 0.222. The maximum Gasteiger partial charge on any atom is 0.0773 e. The molecule has 6 rings (SSSR count). The summed E-state index contributed by atoms with van der Waals surface area (Å²) in [7, 11) is 0. The number of nitrogens with zero attached hydrogens (tertiary/aromatic N) is 1. The SMILES string of the molecule is Nc1cccc(CO[C@@H]2C3CCN(CC3)[C@@H]2C(c2ccccc2)c2ccccc2)c1. The predicted octanol–water partition coefficient (Wildman–Crippen LogP) is 5.08. The van der Waals surface area contributed by atoms with Crippen molar-refractivity contribution in [2.45, 2.75) is 37.5 Å². The molecule has 3 aliphatic rings. The van der Waals surface area contributed by atoms with Gasteiger partial charge in [0.15, 0.2) is 0 Å². The number of ether oxygens (including phenoxy) is 1. The van der Waals surface area contributed by atoms with Gasteiger partial charge < -0.3 is 10.5 Å². The highest BCUT2D eigenvalue weighted by Crippen LogP contribution is 2.43. The van der Waals surface area contributed by atoms with Gasteiger partial charge in [0.05, 0.1) is 12.7 Å². The number of rotatable bonds is 6. The number of fused-ring (bicyclic) bond motifs is 3. The van der Waals surface area contributed by atoms with Crippen LogP contribution in [0.1, 0.15) is 35.4 Å². The third-order valence-electron chi connectivity index (χ3n) is 6.85. The molecule has 2 bridgehead atoms. The molecule has 0 unspecified atom stereocenters. The van der Waals surface area contributed by atoms with Gasteiger partial charge >= 0.3 is 0 Å². The van der Waals surface area contributed by atoms with Crippen molar-refractivity contribution in [3.05, 3.63) is 102 Å². The van der Waals surface area contributed by atoms with Crippen molar-refractivity contribution in [2.24, 2.45) is 5.92 Å². The molecule has 3 aliphatic heterocycles. The van der Waals surface area contributed by atoms with E-state index in [1.807, 2.05) is 18.2 Å². The highest BCUT2D eigenvalue weighted by Gasteiger charge is 2.47. The second-order valence-electron chi connectivity index (χ2n) is 8.68. The fraction of sp³-hybridized carbons (Fsp3) is 0.333. The van der Waals surface area contributed by atoms with E-state index >= 15 is 0 Å². The first-order chi connectivity index (χ1) is 14.8. The van der Waals surface area contributed by atoms with Crippen molar-refractivity contribution in [3.8, 4) is 0 Å². The molecular formula is C27H30N2O. The van der Waals surface area contributed by atoms with Crippen LogP contribution in [-0.2, 0) is 11.3 Å². The van der Waals surface area contributed by atoms with Gasteiger partial charge in [-0.1, -0.05) is 72.8 Å². The van der Waals surface area contributed by atoms with Crippen LogP contribution < -0.4 is 5.73 Å². The van der Waals surface area contributed by atoms with Gasteiger partial charge in [-0.3, -0.25) is 4.90 Å². The van der Waals surface area contributed by atoms with Crippen molar-refractivity contribution in [1.82, 2.24) is 4.90 Å². The molecule has 2 atom stereocenters. The standard InChI is InChI=1S/C27H30N2O/c28-24-13-7-8-20(18-24)19-30-27-23-14-16-29(17-15-23)26(27)25(21-9-3-1-4-10-21)22-11-5-2-6-12-22/h1-13,18,23,25-27H,14-17,19,28H2/t26-,27-/m1/s1. The van der Waals surface area contributed by atoms with Crippen molar-refractivity contribution in [1.29, 1.82) is 0 Å². The monoisotopic (exact) mass is 398 g/mol. The third kappa shape index (κ3) is 3.88. The van der Waals surface area contributed by atoms with Crippen LogP contribution in [-0.4, -0.2) is 30.1 Å². The Bertz CT molecular complexity index is 911. The molecule has 0 aliphatic carbocycles. The molecule has 30 heavy (non-hydrogen) atoms. The lowest BCUT2D eigenvalue weighted by atomic mass is 9.72. The third-order valence-corrected chi connectivity index (χ3v) is 6.85. The summed E-state index contributed by atoms with van der Waals surface area (Å²) >= 11 is 0. The average molecular weight is 399 g/mol. The van der Waals surface area contributed by atoms with Crippen LogP contribution in [0, 0.1) is 5.92 Å². The zero-order chi connectivity index (χ0) is 20.3. The highest BCUT2D eigenvalue weighted by molar-refractivity contribution is 5.40. The molecule has 3 heterocycles. The summed E-state index contributed by atoms with van der Waals surface area (Å²) in [5.41, 5.74) is 10.7. The second-order valence-corrected chi connectivity index (χ2v) is 8.68. The Morgan fingerprint density at radius 1 is 0.833 bits per heavy atom. The lowest BCUT2D eigenvalue weighted by Gasteiger charge is -2.53. The van der Waals surface area contributed by atoms with E-state index < -0.39 is 0 Å². The van der Waals surface area contributed by atoms with Crippen LogP contribution in [0.5, 0.6) is 0 Å². The van der Waals surface area contributed by atoms with Crippen LogP contribution in [0.3, 0.4) is 0 Å². The molecule has 3 fully saturated rings. The number of hydrogen-bond acceptors (Lipinski definition) is 3. The van der Waals surface area contributed by atoms with Crippen LogP contribution in [0.25, 0.3) is 0 Å². The topological polar surface area (TPSA) is 38.5 Å². The minimum Gasteiger partial charge on any atom is -0.399 e. The van der Waals surface area contributed by atoms with E-state index in [1.54, 1.807) is 0 Å². The zero-order valence-electron chi connectivity index (χ0n) is 17.4. The summed E-state index contributed by atoms with van der Waals surface area (Å²) in [6, 6.07) is 30.4. The number of anilines is 1. The summed E-state index contributed by atoms with van der Waals surface area (Å²) in [4.78, 5) is 2.68. The first kappa shape index (κ1) is 19.3. The van der Waals surface area contributed by atoms with E-state index in [9.17, 15) is 0 Å². The summed E-state index contributed by atoms with van der Waals surface area (Å²) in [6.07, 6.45) is 2.68. The van der Waals surface area contributed by atoms with Crippen LogP contribution in [0.15, 0.2) is 84.9 Å². The van der Waals surface area contributed by atoms with Crippen molar-refractivity contribution in [2.75, 3.05) is 18.8 Å². The number of benzene rings is 3. The van der Waals surface area contributed by atoms with Crippen molar-refractivity contribution >= 4 is 5.69 Å². The highest BCUT2D eigenvalue weighted by atomic mass is 16.5. The quantitative estimate of drug-likeness (QED) is 0.589. The Hall–Kier alpha value is -2.62. The van der Waals surface area contributed by atoms with E-state index in [2.05, 4.69) is 71.6 Å². The van der Waals surface area contributed by atoms with Gasteiger partial charge in [-0.25, -0.2) is 0 Å². The maximum absolute atomic E-state index is 6.70. The predicted molar refractivity (Wildman–Crippen MR) is 122 cm³/mol. The van der Waals surface area contributed by atoms with Gasteiger partial charge in [0.1, 0.15) is 0 Å². The molecule has 0 saturated carbocycles. The number of nitrogen functional groups attached to an aromatic ring is 1. The summed E-state index contributed by atoms with van der Waals surface area (Å²) in [5, 5.41) is 0. The molecule has 3 aromatic rings. The molecule has 0 aromatic heterocycles. The van der Waals surface area contributed by atoms with Gasteiger partial charge in [-0.05, 0) is 60.7 Å². The Balaban J connectivity index is 1.49. The van der Waals surface area contributed by atoms with Gasteiger partial charge in [-0.15, -0.1) is 0 Å². The lowest BCUT2D eigenvalue weighted by Crippen LogP contribution is -2.60. The minimum atomic E-state index is 0.222. The molecule has 3 nitrogen and oxygen atoms in total. The zero-order valence-corrected chi connectivity index (χ0v) is 17.4. The molecule has 0 radical (unpaired) electrons. The number of piperidine rings is 3. The van der Waals surface area contributed by atoms with Gasteiger partial charge in [0, 0.05) is 17.6 Å². The maximum atomic E-state index is 6.70. The molecule has 154 valence electrons. The Kier molecular flexibility index (Phi) is 5.56. The fourth-order valence-electron chi connectivity index (χ4n) is 5.45. The van der Waals surface area contributed by atoms with Gasteiger partial charge in [-0.2, -0.15) is 0 Å². The molecule has 3 aromatic carbocycles. The Labute approximate surface area is 179 Å². The molecular weight excluding hydrogens is 368 g/mol. The summed E-state index contributed by atoms with van der Waals surface area (Å²) < 4.78 is 6.70. The van der Waals surface area contributed by atoms with E-state index in [4.69, 9.17) is 10.5 Å². The largest absolute Gasteiger partial charge is 0.399 e. The van der Waals surface area contributed by atoms with Crippen molar-refractivity contribution < 1.29 is 4.74 Å². The normalized spacial score (nSPS) is 25.5. The lowest BCUT2D eigenvalue weighted by molar-refractivity contribution is -0.120. The molecule has 3 saturated heterocycles. The number of hydrogen-bond donors (Lipinski definition) is 1. The average Bonchev–Trinajstić information content (AvgIpc) is 2.81. The first-order valence-corrected chi connectivity index (χ1v) is 11.1. The van der Waals surface area contributed by atoms with E-state index in [-0.39, 0.29) is 6.10 Å². The van der Waals surface area contributed by atoms with E-state index in [1.165, 1.54) is 37.1 Å². The van der Waals surface area contributed by atoms with Crippen LogP contribution in [0.2, 0.25) is 0 Å². The Morgan fingerprint density at radius 3 is 2.07 bits per heavy atom. The van der Waals surface area contributed by atoms with E-state index in [0.29, 0.717) is 24.5 Å². The molecule has 2 N–H and O–H groups in total. The molecule has 0 spiro atoms. The molecule has 0 amide bonds. The van der Waals surface area contributed by atoms with E-state index in [0.717, 1.165) is 11.3 Å². The molecule has 3 heteroatoms. The number of nitrogens with two attached hydrogens (primary N) is 1. The van der Waals surface area contributed by atoms with Crippen LogP contribution >= 0.6 is 0 Å². The Morgan fingerprint density at radius 2 is 1.47 bits per heavy atom. The van der Waals surface area contributed by atoms with Crippen LogP contribution in [0.4, 0.5) is 5.69 Å². The smallest absolute Gasteiger partial charge is 0.0773 e. The summed E-state index contributed by atoms with van der Waals surface area (Å²) in [6.45, 7) is 2.96. The fourth-order valence-corrected chi connectivity index (χ4v) is 5.45. The van der Waals surface area contributed by atoms with Crippen molar-refractivity contribution in [3.63, 3.8) is 0 Å². The second kappa shape index (κ2) is 8.63. The first-order valence-electron chi connectivity index (χ1n) is 11.1. The summed E-state index contributed by atoms with van der Waals surface area (Å²) in [5.74, 6) is 0.928. The van der Waals surface area contributed by atoms with Gasteiger partial charge in [0.2, 0.25) is 0 Å². The van der Waals surface area contributed by atoms with Gasteiger partial charge in [0.25, 0.3) is 0 Å².